The molecule has 43 heavy (non-hydrogen) atoms. The highest BCUT2D eigenvalue weighted by molar-refractivity contribution is 5.84. The second-order valence-corrected chi connectivity index (χ2v) is 13.6. The normalized spacial score (nSPS) is 23.1. The van der Waals surface area contributed by atoms with Crippen molar-refractivity contribution in [1.82, 2.24) is 14.7 Å². The Bertz CT molecular complexity index is 1530. The molecule has 0 aromatic heterocycles. The Hall–Kier alpha value is -3.36. The number of carbonyl (C=O) groups is 2. The first-order valence-electron chi connectivity index (χ1n) is 15.3. The van der Waals surface area contributed by atoms with Gasteiger partial charge in [0, 0.05) is 50.2 Å². The van der Waals surface area contributed by atoms with Crippen LogP contribution in [0.3, 0.4) is 0 Å². The zero-order valence-electron chi connectivity index (χ0n) is 25.5. The summed E-state index contributed by atoms with van der Waals surface area (Å²) in [7, 11) is 1.43. The van der Waals surface area contributed by atoms with Gasteiger partial charge in [-0.25, -0.2) is 8.78 Å². The first-order chi connectivity index (χ1) is 20.5. The van der Waals surface area contributed by atoms with Crippen LogP contribution in [0.25, 0.3) is 10.8 Å². The van der Waals surface area contributed by atoms with Gasteiger partial charge in [0.25, 0.3) is 0 Å². The average molecular weight is 590 g/mol. The topological polar surface area (TPSA) is 53.1 Å². The maximum atomic E-state index is 15.1. The predicted molar refractivity (Wildman–Crippen MR) is 163 cm³/mol. The standard InChI is InChI=1S/C35H41F2N3O3/c1-34(2,3)39-20-28(27-12-11-26(36)19-30(27)37)29(21-39)32(41)40-16-15-38(22-35(40)13-14-35)31(33(42)43-4)18-23-9-10-24-7-5-6-8-25(24)17-23/h5-12,17,19,28-29,31H,13-16,18,20-22H2,1-4H3/t28-,29+,31-/m0/s1. The van der Waals surface area contributed by atoms with Gasteiger partial charge in [0.15, 0.2) is 0 Å². The number of amides is 1. The Morgan fingerprint density at radius 1 is 0.977 bits per heavy atom. The van der Waals surface area contributed by atoms with Gasteiger partial charge in [-0.3, -0.25) is 19.4 Å². The van der Waals surface area contributed by atoms with E-state index in [1.54, 1.807) is 0 Å². The summed E-state index contributed by atoms with van der Waals surface area (Å²) in [5.41, 5.74) is 0.924. The summed E-state index contributed by atoms with van der Waals surface area (Å²) in [5, 5.41) is 2.28. The molecular formula is C35H41F2N3O3. The number of esters is 1. The molecule has 3 aromatic carbocycles. The largest absolute Gasteiger partial charge is 0.468 e. The molecule has 2 saturated heterocycles. The van der Waals surface area contributed by atoms with Crippen molar-refractivity contribution >= 4 is 22.6 Å². The highest BCUT2D eigenvalue weighted by atomic mass is 19.1. The van der Waals surface area contributed by atoms with E-state index < -0.39 is 23.6 Å². The molecule has 228 valence electrons. The molecule has 3 fully saturated rings. The molecule has 3 aliphatic rings. The van der Waals surface area contributed by atoms with Crippen molar-refractivity contribution in [2.75, 3.05) is 39.8 Å². The van der Waals surface area contributed by atoms with Crippen molar-refractivity contribution in [1.29, 1.82) is 0 Å². The Morgan fingerprint density at radius 3 is 2.40 bits per heavy atom. The second-order valence-electron chi connectivity index (χ2n) is 13.6. The number of carbonyl (C=O) groups excluding carboxylic acids is 2. The third kappa shape index (κ3) is 5.79. The maximum absolute atomic E-state index is 15.1. The van der Waals surface area contributed by atoms with Gasteiger partial charge < -0.3 is 9.64 Å². The number of fused-ring (bicyclic) bond motifs is 1. The molecule has 2 aliphatic heterocycles. The SMILES string of the molecule is COC(=O)[C@H](Cc1ccc2ccccc2c1)N1CCN(C(=O)[C@@H]2CN(C(C)(C)C)C[C@H]2c2ccc(F)cc2F)C2(CC2)C1. The van der Waals surface area contributed by atoms with Crippen LogP contribution in [0.5, 0.6) is 0 Å². The number of piperazine rings is 1. The first-order valence-corrected chi connectivity index (χ1v) is 15.3. The van der Waals surface area contributed by atoms with Gasteiger partial charge in [-0.2, -0.15) is 0 Å². The Morgan fingerprint density at radius 2 is 1.72 bits per heavy atom. The van der Waals surface area contributed by atoms with Gasteiger partial charge in [0.2, 0.25) is 5.91 Å². The van der Waals surface area contributed by atoms with E-state index in [9.17, 15) is 14.0 Å². The second kappa shape index (κ2) is 11.3. The lowest BCUT2D eigenvalue weighted by atomic mass is 9.86. The highest BCUT2D eigenvalue weighted by Crippen LogP contribution is 2.47. The fourth-order valence-corrected chi connectivity index (χ4v) is 7.20. The molecule has 0 radical (unpaired) electrons. The van der Waals surface area contributed by atoms with E-state index >= 15 is 4.39 Å². The summed E-state index contributed by atoms with van der Waals surface area (Å²) < 4.78 is 34.1. The molecule has 0 N–H and O–H groups in total. The minimum atomic E-state index is -0.619. The molecule has 3 aromatic rings. The number of likely N-dealkylation sites (tertiary alicyclic amines) is 1. The van der Waals surface area contributed by atoms with Crippen LogP contribution in [0.2, 0.25) is 0 Å². The van der Waals surface area contributed by atoms with Crippen molar-refractivity contribution in [3.63, 3.8) is 0 Å². The fraction of sp³-hybridized carbons (Fsp3) is 0.486. The first kappa shape index (κ1) is 29.7. The van der Waals surface area contributed by atoms with E-state index in [1.165, 1.54) is 19.2 Å². The minimum absolute atomic E-state index is 0.0294. The molecule has 3 atom stereocenters. The van der Waals surface area contributed by atoms with E-state index in [0.29, 0.717) is 44.7 Å². The van der Waals surface area contributed by atoms with Crippen LogP contribution in [0.1, 0.15) is 50.7 Å². The molecule has 8 heteroatoms. The molecule has 0 bridgehead atoms. The van der Waals surface area contributed by atoms with Crippen LogP contribution in [0.4, 0.5) is 8.78 Å². The number of hydrogen-bond acceptors (Lipinski definition) is 5. The summed E-state index contributed by atoms with van der Waals surface area (Å²) in [6, 6.07) is 17.7. The number of ether oxygens (including phenoxy) is 1. The third-order valence-electron chi connectivity index (χ3n) is 9.88. The third-order valence-corrected chi connectivity index (χ3v) is 9.88. The predicted octanol–water partition coefficient (Wildman–Crippen LogP) is 5.39. The number of hydrogen-bond donors (Lipinski definition) is 0. The van der Waals surface area contributed by atoms with Gasteiger partial charge in [0.05, 0.1) is 18.6 Å². The lowest BCUT2D eigenvalue weighted by Gasteiger charge is -2.45. The number of nitrogens with zero attached hydrogens (tertiary/aromatic N) is 3. The van der Waals surface area contributed by atoms with E-state index in [-0.39, 0.29) is 28.9 Å². The lowest BCUT2D eigenvalue weighted by molar-refractivity contribution is -0.151. The van der Waals surface area contributed by atoms with E-state index in [0.717, 1.165) is 35.2 Å². The summed E-state index contributed by atoms with van der Waals surface area (Å²) in [5.74, 6) is -2.26. The van der Waals surface area contributed by atoms with Crippen LogP contribution in [0.15, 0.2) is 60.7 Å². The Labute approximate surface area is 252 Å². The quantitative estimate of drug-likeness (QED) is 0.361. The van der Waals surface area contributed by atoms with Gasteiger partial charge >= 0.3 is 5.97 Å². The fourth-order valence-electron chi connectivity index (χ4n) is 7.20. The van der Waals surface area contributed by atoms with Crippen molar-refractivity contribution in [2.45, 2.75) is 63.1 Å². The Balaban J connectivity index is 1.23. The molecule has 6 nitrogen and oxygen atoms in total. The average Bonchev–Trinajstić information content (AvgIpc) is 3.58. The smallest absolute Gasteiger partial charge is 0.323 e. The number of benzene rings is 3. The zero-order valence-corrected chi connectivity index (χ0v) is 25.5. The zero-order chi connectivity index (χ0) is 30.5. The van der Waals surface area contributed by atoms with Crippen molar-refractivity contribution in [3.05, 3.63) is 83.4 Å². The van der Waals surface area contributed by atoms with E-state index in [4.69, 9.17) is 4.74 Å². The van der Waals surface area contributed by atoms with Gasteiger partial charge in [-0.1, -0.05) is 48.5 Å². The highest BCUT2D eigenvalue weighted by Gasteiger charge is 2.57. The summed E-state index contributed by atoms with van der Waals surface area (Å²) in [6.45, 7) is 8.99. The monoisotopic (exact) mass is 589 g/mol. The van der Waals surface area contributed by atoms with Gasteiger partial charge in [-0.15, -0.1) is 0 Å². The van der Waals surface area contributed by atoms with Crippen LogP contribution in [-0.2, 0) is 20.7 Å². The summed E-state index contributed by atoms with van der Waals surface area (Å²) >= 11 is 0. The van der Waals surface area contributed by atoms with Crippen LogP contribution < -0.4 is 0 Å². The minimum Gasteiger partial charge on any atom is -0.468 e. The van der Waals surface area contributed by atoms with E-state index in [2.05, 4.69) is 60.9 Å². The molecule has 1 aliphatic carbocycles. The number of halogens is 2. The van der Waals surface area contributed by atoms with Gasteiger partial charge in [0.1, 0.15) is 17.7 Å². The number of methoxy groups -OCH3 is 1. The molecule has 6 rings (SSSR count). The van der Waals surface area contributed by atoms with E-state index in [1.807, 2.05) is 17.0 Å². The summed E-state index contributed by atoms with van der Waals surface area (Å²) in [4.78, 5) is 33.9. The van der Waals surface area contributed by atoms with Crippen molar-refractivity contribution < 1.29 is 23.1 Å². The molecule has 1 saturated carbocycles. The van der Waals surface area contributed by atoms with Gasteiger partial charge in [-0.05, 0) is 68.0 Å². The van der Waals surface area contributed by atoms with Crippen LogP contribution in [-0.4, -0.2) is 83.5 Å². The van der Waals surface area contributed by atoms with Crippen LogP contribution >= 0.6 is 0 Å². The molecular weight excluding hydrogens is 548 g/mol. The Kier molecular flexibility index (Phi) is 7.80. The van der Waals surface area contributed by atoms with Crippen molar-refractivity contribution in [3.8, 4) is 0 Å². The molecule has 1 spiro atoms. The molecule has 0 unspecified atom stereocenters. The van der Waals surface area contributed by atoms with Crippen molar-refractivity contribution in [2.24, 2.45) is 5.92 Å². The molecule has 2 heterocycles. The summed E-state index contributed by atoms with van der Waals surface area (Å²) in [6.07, 6.45) is 2.26. The van der Waals surface area contributed by atoms with Crippen LogP contribution in [0, 0.1) is 17.6 Å². The maximum Gasteiger partial charge on any atom is 0.323 e. The lowest BCUT2D eigenvalue weighted by Crippen LogP contribution is -2.62. The molecule has 1 amide bonds. The number of rotatable bonds is 6.